The van der Waals surface area contributed by atoms with Gasteiger partial charge in [-0.25, -0.2) is 4.90 Å². The average Bonchev–Trinajstić information content (AvgIpc) is 2.83. The molecule has 1 aromatic rings. The minimum atomic E-state index is -0.564. The van der Waals surface area contributed by atoms with Crippen molar-refractivity contribution in [1.29, 1.82) is 0 Å². The number of likely N-dealkylation sites (tertiary alicyclic amines) is 1. The van der Waals surface area contributed by atoms with Crippen molar-refractivity contribution in [2.75, 3.05) is 18.0 Å². The van der Waals surface area contributed by atoms with E-state index in [-0.39, 0.29) is 29.6 Å². The predicted octanol–water partition coefficient (Wildman–Crippen LogP) is 1.96. The summed E-state index contributed by atoms with van der Waals surface area (Å²) >= 11 is 0. The summed E-state index contributed by atoms with van der Waals surface area (Å²) in [6.07, 6.45) is 2.10. The number of imide groups is 1. The van der Waals surface area contributed by atoms with E-state index in [0.717, 1.165) is 30.8 Å². The molecule has 0 bridgehead atoms. The third-order valence-electron chi connectivity index (χ3n) is 4.70. The fourth-order valence-electron chi connectivity index (χ4n) is 3.30. The van der Waals surface area contributed by atoms with Crippen molar-refractivity contribution in [2.24, 2.45) is 5.92 Å². The van der Waals surface area contributed by atoms with Crippen LogP contribution in [-0.2, 0) is 9.59 Å². The van der Waals surface area contributed by atoms with Crippen LogP contribution in [0.25, 0.3) is 0 Å². The maximum Gasteiger partial charge on any atom is 0.293 e. The minimum Gasteiger partial charge on any atom is -0.292 e. The summed E-state index contributed by atoms with van der Waals surface area (Å²) < 4.78 is 0. The molecule has 2 heterocycles. The molecule has 122 valence electrons. The van der Waals surface area contributed by atoms with Gasteiger partial charge in [-0.15, -0.1) is 0 Å². The van der Waals surface area contributed by atoms with Gasteiger partial charge in [0.15, 0.2) is 0 Å². The largest absolute Gasteiger partial charge is 0.293 e. The topological polar surface area (TPSA) is 83.8 Å². The Balaban J connectivity index is 1.86. The lowest BCUT2D eigenvalue weighted by Crippen LogP contribution is -2.45. The molecule has 1 aromatic carbocycles. The summed E-state index contributed by atoms with van der Waals surface area (Å²) in [7, 11) is 0. The zero-order valence-corrected chi connectivity index (χ0v) is 13.0. The predicted molar refractivity (Wildman–Crippen MR) is 84.0 cm³/mol. The first kappa shape index (κ1) is 15.6. The van der Waals surface area contributed by atoms with Gasteiger partial charge < -0.3 is 0 Å². The van der Waals surface area contributed by atoms with Gasteiger partial charge in [0.25, 0.3) is 11.6 Å². The molecule has 2 aliphatic rings. The second-order valence-corrected chi connectivity index (χ2v) is 6.25. The smallest absolute Gasteiger partial charge is 0.292 e. The van der Waals surface area contributed by atoms with E-state index in [2.05, 4.69) is 6.92 Å². The number of hydrogen-bond donors (Lipinski definition) is 0. The third kappa shape index (κ3) is 2.84. The number of para-hydroxylation sites is 2. The number of benzene rings is 1. The van der Waals surface area contributed by atoms with Gasteiger partial charge >= 0.3 is 0 Å². The van der Waals surface area contributed by atoms with Crippen LogP contribution in [0.4, 0.5) is 11.4 Å². The van der Waals surface area contributed by atoms with Gasteiger partial charge in [0.1, 0.15) is 5.69 Å². The van der Waals surface area contributed by atoms with Crippen LogP contribution >= 0.6 is 0 Å². The Labute approximate surface area is 134 Å². The highest BCUT2D eigenvalue weighted by atomic mass is 16.6. The fraction of sp³-hybridized carbons (Fsp3) is 0.500. The van der Waals surface area contributed by atoms with E-state index in [1.807, 2.05) is 4.90 Å². The molecule has 2 aliphatic heterocycles. The second kappa shape index (κ2) is 6.08. The van der Waals surface area contributed by atoms with E-state index in [0.29, 0.717) is 5.92 Å². The van der Waals surface area contributed by atoms with Crippen molar-refractivity contribution in [2.45, 2.75) is 32.2 Å². The monoisotopic (exact) mass is 317 g/mol. The highest BCUT2D eigenvalue weighted by Crippen LogP contribution is 2.33. The van der Waals surface area contributed by atoms with Crippen molar-refractivity contribution in [3.05, 3.63) is 34.4 Å². The Morgan fingerprint density at radius 2 is 1.83 bits per heavy atom. The molecular weight excluding hydrogens is 298 g/mol. The molecular formula is C16H19N3O4. The molecule has 1 atom stereocenters. The lowest BCUT2D eigenvalue weighted by Gasteiger charge is -2.33. The lowest BCUT2D eigenvalue weighted by molar-refractivity contribution is -0.384. The maximum absolute atomic E-state index is 12.7. The average molecular weight is 317 g/mol. The van der Waals surface area contributed by atoms with Gasteiger partial charge in [0.2, 0.25) is 5.91 Å². The molecule has 0 aromatic heterocycles. The third-order valence-corrected chi connectivity index (χ3v) is 4.70. The molecule has 2 fully saturated rings. The highest BCUT2D eigenvalue weighted by molar-refractivity contribution is 6.23. The highest BCUT2D eigenvalue weighted by Gasteiger charge is 2.45. The van der Waals surface area contributed by atoms with Gasteiger partial charge in [-0.2, -0.15) is 0 Å². The number of piperidine rings is 1. The summed E-state index contributed by atoms with van der Waals surface area (Å²) in [6.45, 7) is 3.75. The van der Waals surface area contributed by atoms with Crippen molar-refractivity contribution < 1.29 is 14.5 Å². The summed E-state index contributed by atoms with van der Waals surface area (Å²) in [4.78, 5) is 38.7. The van der Waals surface area contributed by atoms with Crippen LogP contribution in [0.15, 0.2) is 24.3 Å². The number of anilines is 1. The Morgan fingerprint density at radius 3 is 2.48 bits per heavy atom. The molecule has 2 amide bonds. The standard InChI is InChI=1S/C16H19N3O4/c1-11-6-8-17(9-7-11)14-10-15(20)18(16(14)21)12-4-2-3-5-13(12)19(22)23/h2-5,11,14H,6-10H2,1H3. The van der Waals surface area contributed by atoms with Crippen LogP contribution in [0.3, 0.4) is 0 Å². The molecule has 0 N–H and O–H groups in total. The summed E-state index contributed by atoms with van der Waals surface area (Å²) in [6, 6.07) is 5.39. The van der Waals surface area contributed by atoms with Crippen LogP contribution in [0.2, 0.25) is 0 Å². The lowest BCUT2D eigenvalue weighted by atomic mass is 9.97. The number of nitro groups is 1. The van der Waals surface area contributed by atoms with E-state index in [1.54, 1.807) is 6.07 Å². The SMILES string of the molecule is CC1CCN(C2CC(=O)N(c3ccccc3[N+](=O)[O-])C2=O)CC1. The molecule has 7 heteroatoms. The fourth-order valence-corrected chi connectivity index (χ4v) is 3.30. The molecule has 0 radical (unpaired) electrons. The zero-order valence-electron chi connectivity index (χ0n) is 13.0. The first-order valence-corrected chi connectivity index (χ1v) is 7.83. The number of hydrogen-bond acceptors (Lipinski definition) is 5. The van der Waals surface area contributed by atoms with E-state index < -0.39 is 11.0 Å². The van der Waals surface area contributed by atoms with Gasteiger partial charge in [0.05, 0.1) is 17.4 Å². The van der Waals surface area contributed by atoms with Crippen molar-refractivity contribution in [3.63, 3.8) is 0 Å². The van der Waals surface area contributed by atoms with Crippen LogP contribution < -0.4 is 4.90 Å². The summed E-state index contributed by atoms with van der Waals surface area (Å²) in [5, 5.41) is 11.2. The van der Waals surface area contributed by atoms with Gasteiger partial charge in [0, 0.05) is 6.07 Å². The Kier molecular flexibility index (Phi) is 4.12. The number of nitrogens with zero attached hydrogens (tertiary/aromatic N) is 3. The first-order chi connectivity index (χ1) is 11.0. The number of carbonyl (C=O) groups is 2. The van der Waals surface area contributed by atoms with Crippen molar-refractivity contribution in [1.82, 2.24) is 4.90 Å². The molecule has 0 spiro atoms. The summed E-state index contributed by atoms with van der Waals surface area (Å²) in [5.41, 5.74) is -0.150. The van der Waals surface area contributed by atoms with Gasteiger partial charge in [-0.05, 0) is 37.9 Å². The van der Waals surface area contributed by atoms with Crippen LogP contribution in [0.1, 0.15) is 26.2 Å². The normalized spacial score (nSPS) is 23.5. The molecule has 1 unspecified atom stereocenters. The van der Waals surface area contributed by atoms with E-state index >= 15 is 0 Å². The number of carbonyl (C=O) groups excluding carboxylic acids is 2. The first-order valence-electron chi connectivity index (χ1n) is 7.83. The van der Waals surface area contributed by atoms with Crippen molar-refractivity contribution in [3.8, 4) is 0 Å². The van der Waals surface area contributed by atoms with Gasteiger partial charge in [-0.3, -0.25) is 24.6 Å². The van der Waals surface area contributed by atoms with Crippen LogP contribution in [0.5, 0.6) is 0 Å². The number of rotatable bonds is 3. The Morgan fingerprint density at radius 1 is 1.17 bits per heavy atom. The number of nitro benzene ring substituents is 1. The zero-order chi connectivity index (χ0) is 16.6. The van der Waals surface area contributed by atoms with E-state index in [4.69, 9.17) is 0 Å². The van der Waals surface area contributed by atoms with Crippen molar-refractivity contribution >= 4 is 23.2 Å². The van der Waals surface area contributed by atoms with Gasteiger partial charge in [-0.1, -0.05) is 19.1 Å². The molecule has 0 aliphatic carbocycles. The molecule has 0 saturated carbocycles. The van der Waals surface area contributed by atoms with E-state index in [9.17, 15) is 19.7 Å². The maximum atomic E-state index is 12.7. The van der Waals surface area contributed by atoms with E-state index in [1.165, 1.54) is 18.2 Å². The molecule has 2 saturated heterocycles. The molecule has 3 rings (SSSR count). The second-order valence-electron chi connectivity index (χ2n) is 6.25. The summed E-state index contributed by atoms with van der Waals surface area (Å²) in [5.74, 6) is -0.0865. The number of amides is 2. The Hall–Kier alpha value is -2.28. The van der Waals surface area contributed by atoms with Crippen LogP contribution in [0, 0.1) is 16.0 Å². The molecule has 23 heavy (non-hydrogen) atoms. The minimum absolute atomic E-state index is 0.0698. The Bertz CT molecular complexity index is 652. The molecule has 7 nitrogen and oxygen atoms in total. The quantitative estimate of drug-likeness (QED) is 0.483. The van der Waals surface area contributed by atoms with Crippen LogP contribution in [-0.4, -0.2) is 40.8 Å².